The molecule has 1 fully saturated rings. The van der Waals surface area contributed by atoms with E-state index in [9.17, 15) is 4.79 Å². The molecule has 0 amide bonds. The lowest BCUT2D eigenvalue weighted by atomic mass is 9.70. The summed E-state index contributed by atoms with van der Waals surface area (Å²) in [7, 11) is 0. The lowest BCUT2D eigenvalue weighted by molar-refractivity contribution is 0.216. The van der Waals surface area contributed by atoms with E-state index in [-0.39, 0.29) is 16.4 Å². The Labute approximate surface area is 137 Å². The Morgan fingerprint density at radius 1 is 1.17 bits per heavy atom. The minimum atomic E-state index is 0.109. The van der Waals surface area contributed by atoms with E-state index in [1.807, 2.05) is 4.68 Å². The second kappa shape index (κ2) is 4.40. The number of nitrogens with zero attached hydrogens (tertiary/aromatic N) is 2. The van der Waals surface area contributed by atoms with Crippen molar-refractivity contribution in [1.82, 2.24) is 9.36 Å². The molecule has 0 aliphatic heterocycles. The van der Waals surface area contributed by atoms with Gasteiger partial charge < -0.3 is 0 Å². The molecule has 2 atom stereocenters. The lowest BCUT2D eigenvalue weighted by Gasteiger charge is -2.36. The van der Waals surface area contributed by atoms with Crippen LogP contribution >= 0.6 is 0 Å². The average Bonchev–Trinajstić information content (AvgIpc) is 3.00. The molecule has 0 spiro atoms. The van der Waals surface area contributed by atoms with Crippen LogP contribution in [-0.2, 0) is 12.0 Å². The molecule has 1 saturated carbocycles. The van der Waals surface area contributed by atoms with E-state index < -0.39 is 0 Å². The second-order valence-corrected chi connectivity index (χ2v) is 8.08. The molecule has 2 aliphatic carbocycles. The van der Waals surface area contributed by atoms with Crippen LogP contribution in [0.4, 0.5) is 0 Å². The third-order valence-corrected chi connectivity index (χ3v) is 6.85. The van der Waals surface area contributed by atoms with Crippen molar-refractivity contribution in [3.05, 3.63) is 51.4 Å². The molecule has 1 heterocycles. The highest BCUT2D eigenvalue weighted by Gasteiger charge is 2.62. The van der Waals surface area contributed by atoms with Crippen LogP contribution in [0.1, 0.15) is 63.3 Å². The van der Waals surface area contributed by atoms with Gasteiger partial charge in [0.1, 0.15) is 0 Å². The van der Waals surface area contributed by atoms with Crippen molar-refractivity contribution >= 4 is 0 Å². The minimum absolute atomic E-state index is 0.109. The lowest BCUT2D eigenvalue weighted by Crippen LogP contribution is -2.35. The summed E-state index contributed by atoms with van der Waals surface area (Å²) in [5, 5.41) is 0. The van der Waals surface area contributed by atoms with Gasteiger partial charge >= 0.3 is 0 Å². The molecule has 2 bridgehead atoms. The smallest absolute Gasteiger partial charge is 0.275 e. The first-order chi connectivity index (χ1) is 10.8. The number of aromatic nitrogens is 2. The molecule has 0 N–H and O–H groups in total. The summed E-state index contributed by atoms with van der Waals surface area (Å²) in [6.07, 6.45) is 2.34. The first-order valence-corrected chi connectivity index (χ1v) is 8.76. The van der Waals surface area contributed by atoms with Gasteiger partial charge in [-0.3, -0.25) is 9.48 Å². The van der Waals surface area contributed by atoms with Crippen molar-refractivity contribution in [3.63, 3.8) is 0 Å². The largest absolute Gasteiger partial charge is 0.281 e. The Hall–Kier alpha value is -1.77. The van der Waals surface area contributed by atoms with Crippen LogP contribution in [-0.4, -0.2) is 9.36 Å². The number of rotatable bonds is 2. The molecule has 0 saturated heterocycles. The van der Waals surface area contributed by atoms with Gasteiger partial charge in [0.25, 0.3) is 5.56 Å². The molecule has 4 rings (SSSR count). The monoisotopic (exact) mass is 310 g/mol. The Morgan fingerprint density at radius 3 is 2.43 bits per heavy atom. The first-order valence-electron chi connectivity index (χ1n) is 8.76. The van der Waals surface area contributed by atoms with Crippen molar-refractivity contribution in [2.75, 3.05) is 0 Å². The minimum Gasteiger partial charge on any atom is -0.281 e. The van der Waals surface area contributed by atoms with Crippen LogP contribution in [0.15, 0.2) is 29.1 Å². The highest BCUT2D eigenvalue weighted by molar-refractivity contribution is 5.47. The molecule has 3 heteroatoms. The Bertz CT molecular complexity index is 838. The number of hydrogen-bond acceptors (Lipinski definition) is 1. The SMILES string of the molecule is CCn1c2c(c(=O)n1-c1ccc(C)cc1)[C@H]1CC[C@]2(C)C1(C)C. The van der Waals surface area contributed by atoms with Crippen molar-refractivity contribution in [2.24, 2.45) is 5.41 Å². The molecular formula is C20H26N2O. The molecule has 0 unspecified atom stereocenters. The Morgan fingerprint density at radius 2 is 1.83 bits per heavy atom. The molecule has 23 heavy (non-hydrogen) atoms. The predicted molar refractivity (Wildman–Crippen MR) is 93.5 cm³/mol. The van der Waals surface area contributed by atoms with Gasteiger partial charge in [0, 0.05) is 17.5 Å². The first kappa shape index (κ1) is 14.8. The summed E-state index contributed by atoms with van der Waals surface area (Å²) in [6, 6.07) is 8.29. The van der Waals surface area contributed by atoms with E-state index in [2.05, 4.69) is 63.6 Å². The fourth-order valence-electron chi connectivity index (χ4n) is 5.13. The summed E-state index contributed by atoms with van der Waals surface area (Å²) in [6.45, 7) is 12.1. The summed E-state index contributed by atoms with van der Waals surface area (Å²) in [4.78, 5) is 13.3. The molecule has 1 aromatic heterocycles. The van der Waals surface area contributed by atoms with Gasteiger partial charge in [0.2, 0.25) is 0 Å². The molecule has 0 radical (unpaired) electrons. The van der Waals surface area contributed by atoms with Crippen molar-refractivity contribution < 1.29 is 0 Å². The van der Waals surface area contributed by atoms with E-state index in [1.165, 1.54) is 17.7 Å². The second-order valence-electron chi connectivity index (χ2n) is 8.08. The van der Waals surface area contributed by atoms with Crippen LogP contribution in [0.2, 0.25) is 0 Å². The maximum absolute atomic E-state index is 13.3. The number of aryl methyl sites for hydroxylation is 1. The quantitative estimate of drug-likeness (QED) is 0.819. The highest BCUT2D eigenvalue weighted by atomic mass is 16.1. The van der Waals surface area contributed by atoms with Crippen molar-refractivity contribution in [2.45, 2.75) is 65.3 Å². The van der Waals surface area contributed by atoms with Gasteiger partial charge in [0.15, 0.2) is 0 Å². The van der Waals surface area contributed by atoms with Gasteiger partial charge in [-0.25, -0.2) is 4.68 Å². The summed E-state index contributed by atoms with van der Waals surface area (Å²) in [5.74, 6) is 0.402. The van der Waals surface area contributed by atoms with Crippen LogP contribution in [0, 0.1) is 12.3 Å². The maximum atomic E-state index is 13.3. The third kappa shape index (κ3) is 1.58. The zero-order valence-corrected chi connectivity index (χ0v) is 14.8. The van der Waals surface area contributed by atoms with Gasteiger partial charge in [-0.05, 0) is 50.2 Å². The molecule has 3 nitrogen and oxygen atoms in total. The number of benzene rings is 1. The number of fused-ring (bicyclic) bond motifs is 5. The predicted octanol–water partition coefficient (Wildman–Crippen LogP) is 4.14. The van der Waals surface area contributed by atoms with Crippen LogP contribution in [0.3, 0.4) is 0 Å². The van der Waals surface area contributed by atoms with Crippen molar-refractivity contribution in [1.29, 1.82) is 0 Å². The zero-order valence-electron chi connectivity index (χ0n) is 14.8. The zero-order chi connectivity index (χ0) is 16.6. The topological polar surface area (TPSA) is 26.9 Å². The Kier molecular flexibility index (Phi) is 2.83. The van der Waals surface area contributed by atoms with Gasteiger partial charge in [-0.2, -0.15) is 0 Å². The average molecular weight is 310 g/mol. The van der Waals surface area contributed by atoms with Crippen LogP contribution < -0.4 is 5.56 Å². The highest BCUT2D eigenvalue weighted by Crippen LogP contribution is 2.67. The van der Waals surface area contributed by atoms with Crippen molar-refractivity contribution in [3.8, 4) is 5.69 Å². The van der Waals surface area contributed by atoms with E-state index >= 15 is 0 Å². The van der Waals surface area contributed by atoms with E-state index in [0.29, 0.717) is 5.92 Å². The van der Waals surface area contributed by atoms with E-state index in [4.69, 9.17) is 0 Å². The third-order valence-electron chi connectivity index (χ3n) is 6.85. The standard InChI is InChI=1S/C20H26N2O/c1-6-21-17-16(15-11-12-20(17,5)19(15,3)4)18(23)22(21)14-9-7-13(2)8-10-14/h7-10,15H,6,11-12H2,1-5H3/t15-,20+/m1/s1. The van der Waals surface area contributed by atoms with Crippen LogP contribution in [0.5, 0.6) is 0 Å². The Balaban J connectivity index is 2.03. The van der Waals surface area contributed by atoms with E-state index in [0.717, 1.165) is 24.2 Å². The molecular weight excluding hydrogens is 284 g/mol. The molecule has 1 aromatic carbocycles. The summed E-state index contributed by atoms with van der Waals surface area (Å²) in [5.41, 5.74) is 5.08. The van der Waals surface area contributed by atoms with Crippen LogP contribution in [0.25, 0.3) is 5.69 Å². The molecule has 122 valence electrons. The summed E-state index contributed by atoms with van der Waals surface area (Å²) >= 11 is 0. The summed E-state index contributed by atoms with van der Waals surface area (Å²) < 4.78 is 4.15. The molecule has 2 aliphatic rings. The van der Waals surface area contributed by atoms with Gasteiger partial charge in [-0.15, -0.1) is 0 Å². The normalized spacial score (nSPS) is 27.4. The fraction of sp³-hybridized carbons (Fsp3) is 0.550. The molecule has 2 aromatic rings. The van der Waals surface area contributed by atoms with Gasteiger partial charge in [0.05, 0.1) is 11.4 Å². The fourth-order valence-corrected chi connectivity index (χ4v) is 5.13. The maximum Gasteiger partial charge on any atom is 0.275 e. The van der Waals surface area contributed by atoms with Gasteiger partial charge in [-0.1, -0.05) is 38.5 Å². The van der Waals surface area contributed by atoms with E-state index in [1.54, 1.807) is 0 Å². The number of hydrogen-bond donors (Lipinski definition) is 0.